The van der Waals surface area contributed by atoms with Crippen molar-refractivity contribution in [2.24, 2.45) is 16.2 Å². The van der Waals surface area contributed by atoms with Gasteiger partial charge in [0.05, 0.1) is 25.2 Å². The van der Waals surface area contributed by atoms with Crippen molar-refractivity contribution in [1.82, 2.24) is 20.8 Å². The molecule has 2 amide bonds. The van der Waals surface area contributed by atoms with E-state index in [1.54, 1.807) is 6.92 Å². The van der Waals surface area contributed by atoms with Crippen LogP contribution in [-0.4, -0.2) is 53.9 Å². The summed E-state index contributed by atoms with van der Waals surface area (Å²) in [6.07, 6.45) is 19.9. The number of aryl methyl sites for hydroxylation is 1. The maximum Gasteiger partial charge on any atom is 0.247 e. The molecule has 280 valence electrons. The van der Waals surface area contributed by atoms with Crippen LogP contribution in [0.3, 0.4) is 0 Å². The Morgan fingerprint density at radius 1 is 0.780 bits per heavy atom. The first-order valence-corrected chi connectivity index (χ1v) is 19.6. The molecule has 3 fully saturated rings. The predicted octanol–water partition coefficient (Wildman–Crippen LogP) is 9.13. The summed E-state index contributed by atoms with van der Waals surface area (Å²) >= 11 is 0. The number of ether oxygens (including phenoxy) is 2. The van der Waals surface area contributed by atoms with Crippen LogP contribution in [0.25, 0.3) is 11.5 Å². The molecule has 9 nitrogen and oxygen atoms in total. The van der Waals surface area contributed by atoms with Gasteiger partial charge in [0, 0.05) is 41.8 Å². The molecule has 0 aliphatic heterocycles. The van der Waals surface area contributed by atoms with E-state index in [1.807, 2.05) is 24.3 Å². The van der Waals surface area contributed by atoms with Gasteiger partial charge in [0.1, 0.15) is 5.75 Å². The maximum absolute atomic E-state index is 13.1. The number of rotatable bonds is 26. The molecule has 0 unspecified atom stereocenters. The molecule has 2 bridgehead atoms. The third kappa shape index (κ3) is 12.4. The summed E-state index contributed by atoms with van der Waals surface area (Å²) in [6.45, 7) is 14.6. The first-order valence-electron chi connectivity index (χ1n) is 19.6. The minimum Gasteiger partial charge on any atom is -0.493 e. The zero-order valence-corrected chi connectivity index (χ0v) is 32.1. The van der Waals surface area contributed by atoms with E-state index in [4.69, 9.17) is 13.9 Å². The Labute approximate surface area is 301 Å². The molecule has 2 aromatic rings. The van der Waals surface area contributed by atoms with Crippen LogP contribution in [0.1, 0.15) is 150 Å². The smallest absolute Gasteiger partial charge is 0.247 e. The number of benzene rings is 1. The van der Waals surface area contributed by atoms with E-state index in [-0.39, 0.29) is 33.6 Å². The monoisotopic (exact) mass is 695 g/mol. The normalized spacial score (nSPS) is 19.8. The van der Waals surface area contributed by atoms with Crippen molar-refractivity contribution in [3.05, 3.63) is 30.2 Å². The Balaban J connectivity index is 1.01. The van der Waals surface area contributed by atoms with E-state index in [1.165, 1.54) is 70.6 Å². The zero-order chi connectivity index (χ0) is 36.1. The molecule has 9 heteroatoms. The Bertz CT molecular complexity index is 1310. The lowest BCUT2D eigenvalue weighted by molar-refractivity contribution is -0.184. The van der Waals surface area contributed by atoms with E-state index in [9.17, 15) is 9.59 Å². The number of carbonyl (C=O) groups excluding carboxylic acids is 2. The summed E-state index contributed by atoms with van der Waals surface area (Å²) in [6, 6.07) is 7.63. The van der Waals surface area contributed by atoms with E-state index in [0.29, 0.717) is 44.6 Å². The molecule has 0 saturated heterocycles. The first-order chi connectivity index (χ1) is 23.8. The molecule has 0 atom stereocenters. The van der Waals surface area contributed by atoms with Gasteiger partial charge in [-0.15, -0.1) is 10.2 Å². The second kappa shape index (κ2) is 18.5. The molecule has 1 aromatic heterocycles. The fraction of sp³-hybridized carbons (Fsp3) is 0.756. The lowest BCUT2D eigenvalue weighted by Crippen LogP contribution is -2.78. The number of amides is 2. The molecule has 5 rings (SSSR count). The Hall–Kier alpha value is -2.94. The van der Waals surface area contributed by atoms with Crippen molar-refractivity contribution in [3.8, 4) is 17.2 Å². The second-order valence-electron chi connectivity index (χ2n) is 17.1. The average molecular weight is 695 g/mol. The Morgan fingerprint density at radius 3 is 1.90 bits per heavy atom. The molecule has 50 heavy (non-hydrogen) atoms. The van der Waals surface area contributed by atoms with Crippen LogP contribution in [0, 0.1) is 23.2 Å². The number of hydrogen-bond acceptors (Lipinski definition) is 7. The molecule has 2 N–H and O–H groups in total. The summed E-state index contributed by atoms with van der Waals surface area (Å²) in [4.78, 5) is 25.7. The second-order valence-corrected chi connectivity index (χ2v) is 17.1. The van der Waals surface area contributed by atoms with Crippen molar-refractivity contribution in [2.75, 3.05) is 26.4 Å². The predicted molar refractivity (Wildman–Crippen MR) is 199 cm³/mol. The van der Waals surface area contributed by atoms with Gasteiger partial charge < -0.3 is 24.5 Å². The average Bonchev–Trinajstić information content (AvgIpc) is 3.48. The van der Waals surface area contributed by atoms with Gasteiger partial charge >= 0.3 is 0 Å². The highest BCUT2D eigenvalue weighted by Crippen LogP contribution is 2.67. The summed E-state index contributed by atoms with van der Waals surface area (Å²) in [5.74, 6) is 2.07. The third-order valence-electron chi connectivity index (χ3n) is 10.4. The van der Waals surface area contributed by atoms with E-state index >= 15 is 0 Å². The minimum absolute atomic E-state index is 0.118. The lowest BCUT2D eigenvalue weighted by atomic mass is 9.39. The third-order valence-corrected chi connectivity index (χ3v) is 10.4. The van der Waals surface area contributed by atoms with Crippen LogP contribution in [-0.2, 0) is 14.3 Å². The number of carbonyl (C=O) groups is 2. The molecule has 1 heterocycles. The zero-order valence-electron chi connectivity index (χ0n) is 32.1. The Kier molecular flexibility index (Phi) is 14.8. The molecular weight excluding hydrogens is 628 g/mol. The standard InChI is InChI=1S/C41H66N4O5/c1-7-8-9-10-11-12-13-14-15-16-17-18-19-20-35(46)43-41-25-40(26-41,27-41)37(47)42-28-38(3,4)29-48-30-39(5,6)31-49-34-23-21-33(22-24-34)36-45-44-32(2)50-36/h21-24H,7-20,25-31H2,1-6H3,(H,42,47)(H,43,46). The summed E-state index contributed by atoms with van der Waals surface area (Å²) in [5, 5.41) is 14.4. The summed E-state index contributed by atoms with van der Waals surface area (Å²) < 4.78 is 17.7. The van der Waals surface area contributed by atoms with Crippen molar-refractivity contribution >= 4 is 11.8 Å². The SMILES string of the molecule is CCCCCCCCCCCCCCCC(=O)NC12CC(C(=O)NCC(C)(C)COCC(C)(C)COc3ccc(-c4nnc(C)o4)cc3)(C1)C2. The summed E-state index contributed by atoms with van der Waals surface area (Å²) in [5.41, 5.74) is -0.00298. The van der Waals surface area contributed by atoms with Gasteiger partial charge in [-0.25, -0.2) is 0 Å². The fourth-order valence-electron chi connectivity index (χ4n) is 7.41. The fourth-order valence-corrected chi connectivity index (χ4v) is 7.41. The number of aromatic nitrogens is 2. The molecule has 1 aromatic carbocycles. The Morgan fingerprint density at radius 2 is 1.34 bits per heavy atom. The molecular formula is C41H66N4O5. The van der Waals surface area contributed by atoms with Gasteiger partial charge in [-0.1, -0.05) is 112 Å². The van der Waals surface area contributed by atoms with Gasteiger partial charge in [0.2, 0.25) is 23.6 Å². The number of hydrogen-bond donors (Lipinski definition) is 2. The van der Waals surface area contributed by atoms with E-state index in [0.717, 1.165) is 43.4 Å². The largest absolute Gasteiger partial charge is 0.493 e. The van der Waals surface area contributed by atoms with Crippen LogP contribution in [0.15, 0.2) is 28.7 Å². The highest BCUT2D eigenvalue weighted by molar-refractivity contribution is 5.88. The topological polar surface area (TPSA) is 116 Å². The molecule has 3 saturated carbocycles. The number of unbranched alkanes of at least 4 members (excludes halogenated alkanes) is 12. The summed E-state index contributed by atoms with van der Waals surface area (Å²) in [7, 11) is 0. The van der Waals surface area contributed by atoms with Crippen molar-refractivity contribution in [1.29, 1.82) is 0 Å². The van der Waals surface area contributed by atoms with Gasteiger partial charge in [0.25, 0.3) is 0 Å². The van der Waals surface area contributed by atoms with Gasteiger partial charge in [-0.3, -0.25) is 9.59 Å². The van der Waals surface area contributed by atoms with Gasteiger partial charge in [-0.2, -0.15) is 0 Å². The lowest BCUT2D eigenvalue weighted by Gasteiger charge is -2.69. The minimum atomic E-state index is -0.304. The molecule has 0 spiro atoms. The van der Waals surface area contributed by atoms with Crippen molar-refractivity contribution in [2.45, 2.75) is 156 Å². The van der Waals surface area contributed by atoms with Crippen LogP contribution in [0.4, 0.5) is 0 Å². The van der Waals surface area contributed by atoms with Crippen molar-refractivity contribution in [3.63, 3.8) is 0 Å². The quantitative estimate of drug-likeness (QED) is 0.0944. The van der Waals surface area contributed by atoms with E-state index < -0.39 is 0 Å². The number of nitrogens with zero attached hydrogens (tertiary/aromatic N) is 2. The maximum atomic E-state index is 13.1. The first kappa shape index (κ1) is 39.8. The van der Waals surface area contributed by atoms with Crippen LogP contribution >= 0.6 is 0 Å². The van der Waals surface area contributed by atoms with Crippen LogP contribution in [0.2, 0.25) is 0 Å². The van der Waals surface area contributed by atoms with Gasteiger partial charge in [0.15, 0.2) is 0 Å². The van der Waals surface area contributed by atoms with Crippen LogP contribution < -0.4 is 15.4 Å². The van der Waals surface area contributed by atoms with E-state index in [2.05, 4.69) is 55.4 Å². The highest BCUT2D eigenvalue weighted by atomic mass is 16.5. The molecule has 3 aliphatic rings. The van der Waals surface area contributed by atoms with Crippen molar-refractivity contribution < 1.29 is 23.5 Å². The number of nitrogens with one attached hydrogen (secondary N) is 2. The molecule has 3 aliphatic carbocycles. The van der Waals surface area contributed by atoms with Crippen LogP contribution in [0.5, 0.6) is 5.75 Å². The molecule has 0 radical (unpaired) electrons. The highest BCUT2D eigenvalue weighted by Gasteiger charge is 2.72. The van der Waals surface area contributed by atoms with Gasteiger partial charge in [-0.05, 0) is 49.9 Å².